The highest BCUT2D eigenvalue weighted by atomic mass is 19.4. The largest absolute Gasteiger partial charge is 0.505 e. The topological polar surface area (TPSA) is 46.5 Å². The summed E-state index contributed by atoms with van der Waals surface area (Å²) in [5.74, 6) is 0. The number of alkyl halides is 6. The van der Waals surface area contributed by atoms with Gasteiger partial charge >= 0.3 is 12.3 Å². The van der Waals surface area contributed by atoms with Crippen LogP contribution in [0.1, 0.15) is 6.42 Å². The zero-order chi connectivity index (χ0) is 12.3. The van der Waals surface area contributed by atoms with Gasteiger partial charge in [-0.1, -0.05) is 0 Å². The normalized spacial score (nSPS) is 16.2. The van der Waals surface area contributed by atoms with Gasteiger partial charge in [-0.15, -0.1) is 0 Å². The van der Waals surface area contributed by atoms with Crippen molar-refractivity contribution in [3.8, 4) is 0 Å². The Bertz CT molecular complexity index is 227. The van der Waals surface area contributed by atoms with Gasteiger partial charge < -0.3 is 9.84 Å². The number of rotatable bonds is 4. The Morgan fingerprint density at radius 2 is 1.73 bits per heavy atom. The van der Waals surface area contributed by atoms with Crippen molar-refractivity contribution in [1.29, 1.82) is 0 Å². The van der Waals surface area contributed by atoms with E-state index in [2.05, 4.69) is 4.74 Å². The fourth-order valence-electron chi connectivity index (χ4n) is 0.661. The van der Waals surface area contributed by atoms with Crippen molar-refractivity contribution in [3.05, 3.63) is 0 Å². The molecule has 0 aromatic rings. The maximum Gasteiger partial charge on any atom is 0.505 e. The van der Waals surface area contributed by atoms with E-state index in [0.717, 1.165) is 0 Å². The standard InChI is InChI=1S/C6H6F6O3/c7-3(8)5(9,6(10,11)12)1-2-15-4(13)14/h3H,1-2H2,(H,13,14). The monoisotopic (exact) mass is 240 g/mol. The van der Waals surface area contributed by atoms with Gasteiger partial charge in [-0.3, -0.25) is 0 Å². The van der Waals surface area contributed by atoms with E-state index in [4.69, 9.17) is 5.11 Å². The Labute approximate surface area is 79.6 Å². The van der Waals surface area contributed by atoms with Crippen LogP contribution in [-0.4, -0.2) is 36.1 Å². The lowest BCUT2D eigenvalue weighted by atomic mass is 10.0. The third-order valence-electron chi connectivity index (χ3n) is 1.51. The van der Waals surface area contributed by atoms with Crippen LogP contribution >= 0.6 is 0 Å². The van der Waals surface area contributed by atoms with Crippen LogP contribution in [0.15, 0.2) is 0 Å². The summed E-state index contributed by atoms with van der Waals surface area (Å²) in [4.78, 5) is 9.69. The number of carboxylic acid groups (broad SMARTS) is 1. The Balaban J connectivity index is 4.48. The van der Waals surface area contributed by atoms with Gasteiger partial charge in [0.05, 0.1) is 6.61 Å². The lowest BCUT2D eigenvalue weighted by Gasteiger charge is -2.26. The van der Waals surface area contributed by atoms with E-state index in [1.165, 1.54) is 0 Å². The van der Waals surface area contributed by atoms with Crippen molar-refractivity contribution in [2.45, 2.75) is 24.7 Å². The summed E-state index contributed by atoms with van der Waals surface area (Å²) in [6.07, 6.45) is -13.8. The molecule has 0 saturated heterocycles. The van der Waals surface area contributed by atoms with E-state index in [9.17, 15) is 31.1 Å². The summed E-state index contributed by atoms with van der Waals surface area (Å²) in [5, 5.41) is 7.84. The number of carbonyl (C=O) groups is 1. The summed E-state index contributed by atoms with van der Waals surface area (Å²) in [7, 11) is 0. The predicted octanol–water partition coefficient (Wildman–Crippen LogP) is 2.61. The quantitative estimate of drug-likeness (QED) is 0.606. The van der Waals surface area contributed by atoms with Crippen LogP contribution in [0.5, 0.6) is 0 Å². The maximum absolute atomic E-state index is 12.7. The van der Waals surface area contributed by atoms with E-state index in [1.54, 1.807) is 0 Å². The van der Waals surface area contributed by atoms with Crippen molar-refractivity contribution in [2.24, 2.45) is 0 Å². The molecule has 0 aromatic carbocycles. The summed E-state index contributed by atoms with van der Waals surface area (Å²) in [6.45, 7) is -1.30. The number of hydrogen-bond donors (Lipinski definition) is 1. The van der Waals surface area contributed by atoms with Crippen molar-refractivity contribution < 1.29 is 41.0 Å². The molecular weight excluding hydrogens is 234 g/mol. The number of halogens is 6. The smallest absolute Gasteiger partial charge is 0.450 e. The number of ether oxygens (including phenoxy) is 1. The van der Waals surface area contributed by atoms with Crippen molar-refractivity contribution >= 4 is 6.16 Å². The molecule has 0 aliphatic rings. The summed E-state index contributed by atoms with van der Waals surface area (Å²) in [6, 6.07) is 0. The molecule has 1 unspecified atom stereocenters. The minimum atomic E-state index is -5.77. The second-order valence-corrected chi connectivity index (χ2v) is 2.53. The second-order valence-electron chi connectivity index (χ2n) is 2.53. The van der Waals surface area contributed by atoms with Gasteiger partial charge in [-0.2, -0.15) is 13.2 Å². The van der Waals surface area contributed by atoms with Gasteiger partial charge in [-0.05, 0) is 0 Å². The molecule has 0 saturated carbocycles. The molecule has 90 valence electrons. The highest BCUT2D eigenvalue weighted by Gasteiger charge is 2.62. The molecule has 0 bridgehead atoms. The highest BCUT2D eigenvalue weighted by Crippen LogP contribution is 2.41. The fourth-order valence-corrected chi connectivity index (χ4v) is 0.661. The Kier molecular flexibility index (Phi) is 4.23. The molecule has 1 atom stereocenters. The van der Waals surface area contributed by atoms with E-state index in [0.29, 0.717) is 0 Å². The molecule has 0 spiro atoms. The molecule has 0 rings (SSSR count). The van der Waals surface area contributed by atoms with Crippen molar-refractivity contribution in [2.75, 3.05) is 6.61 Å². The lowest BCUT2D eigenvalue weighted by molar-refractivity contribution is -0.271. The minimum absolute atomic E-state index is 1.30. The van der Waals surface area contributed by atoms with Crippen LogP contribution in [0.3, 0.4) is 0 Å². The van der Waals surface area contributed by atoms with Gasteiger partial charge in [0.1, 0.15) is 0 Å². The van der Waals surface area contributed by atoms with E-state index in [-0.39, 0.29) is 0 Å². The average Bonchev–Trinajstić information content (AvgIpc) is 2.00. The van der Waals surface area contributed by atoms with E-state index >= 15 is 0 Å². The first-order chi connectivity index (χ1) is 6.61. The Hall–Kier alpha value is -1.15. The molecule has 1 N–H and O–H groups in total. The van der Waals surface area contributed by atoms with E-state index in [1.807, 2.05) is 0 Å². The molecule has 3 nitrogen and oxygen atoms in total. The van der Waals surface area contributed by atoms with E-state index < -0.39 is 37.5 Å². The Morgan fingerprint density at radius 1 is 1.27 bits per heavy atom. The molecule has 0 fully saturated rings. The summed E-state index contributed by atoms with van der Waals surface area (Å²) >= 11 is 0. The first-order valence-electron chi connectivity index (χ1n) is 3.51. The molecule has 0 aromatic heterocycles. The van der Waals surface area contributed by atoms with Crippen LogP contribution in [0.2, 0.25) is 0 Å². The minimum Gasteiger partial charge on any atom is -0.450 e. The lowest BCUT2D eigenvalue weighted by Crippen LogP contribution is -2.48. The molecule has 0 radical (unpaired) electrons. The van der Waals surface area contributed by atoms with Crippen LogP contribution < -0.4 is 0 Å². The van der Waals surface area contributed by atoms with Crippen LogP contribution in [-0.2, 0) is 4.74 Å². The maximum atomic E-state index is 12.7. The fraction of sp³-hybridized carbons (Fsp3) is 0.833. The molecule has 0 heterocycles. The number of hydrogen-bond acceptors (Lipinski definition) is 2. The first kappa shape index (κ1) is 13.8. The zero-order valence-electron chi connectivity index (χ0n) is 7.02. The zero-order valence-corrected chi connectivity index (χ0v) is 7.02. The van der Waals surface area contributed by atoms with Crippen LogP contribution in [0.4, 0.5) is 31.1 Å². The van der Waals surface area contributed by atoms with Crippen LogP contribution in [0, 0.1) is 0 Å². The SMILES string of the molecule is O=C(O)OCCC(F)(C(F)F)C(F)(F)F. The summed E-state index contributed by atoms with van der Waals surface area (Å²) < 4.78 is 75.3. The van der Waals surface area contributed by atoms with Gasteiger partial charge in [0.15, 0.2) is 0 Å². The molecule has 15 heavy (non-hydrogen) atoms. The predicted molar refractivity (Wildman–Crippen MR) is 34.5 cm³/mol. The third-order valence-corrected chi connectivity index (χ3v) is 1.51. The van der Waals surface area contributed by atoms with Gasteiger partial charge in [0.2, 0.25) is 0 Å². The van der Waals surface area contributed by atoms with Crippen LogP contribution in [0.25, 0.3) is 0 Å². The van der Waals surface area contributed by atoms with Gasteiger partial charge in [-0.25, -0.2) is 18.0 Å². The van der Waals surface area contributed by atoms with Gasteiger partial charge in [0, 0.05) is 6.42 Å². The van der Waals surface area contributed by atoms with Crippen molar-refractivity contribution in [3.63, 3.8) is 0 Å². The molecule has 0 aliphatic heterocycles. The van der Waals surface area contributed by atoms with Gasteiger partial charge in [0.25, 0.3) is 12.1 Å². The molecular formula is C6H6F6O3. The Morgan fingerprint density at radius 3 is 2.00 bits per heavy atom. The second kappa shape index (κ2) is 4.58. The average molecular weight is 240 g/mol. The molecule has 9 heteroatoms. The third kappa shape index (κ3) is 3.48. The summed E-state index contributed by atoms with van der Waals surface area (Å²) in [5.41, 5.74) is -4.75. The molecule has 0 aliphatic carbocycles. The molecule has 0 amide bonds. The highest BCUT2D eigenvalue weighted by molar-refractivity contribution is 5.56. The first-order valence-corrected chi connectivity index (χ1v) is 3.51. The van der Waals surface area contributed by atoms with Crippen molar-refractivity contribution in [1.82, 2.24) is 0 Å².